The monoisotopic (exact) mass is 218 g/mol. The molecular formula is C11H7FN2O2. The minimum absolute atomic E-state index is 0.0469. The third kappa shape index (κ3) is 1.75. The average Bonchev–Trinajstić information content (AvgIpc) is 2.29. The lowest BCUT2D eigenvalue weighted by Crippen LogP contribution is -1.95. The zero-order valence-electron chi connectivity index (χ0n) is 8.13. The van der Waals surface area contributed by atoms with Crippen LogP contribution in [-0.4, -0.2) is 9.91 Å². The highest BCUT2D eigenvalue weighted by atomic mass is 19.1. The lowest BCUT2D eigenvalue weighted by Gasteiger charge is -2.02. The van der Waals surface area contributed by atoms with Crippen molar-refractivity contribution in [1.82, 2.24) is 4.98 Å². The lowest BCUT2D eigenvalue weighted by molar-refractivity contribution is -0.384. The van der Waals surface area contributed by atoms with Crippen LogP contribution in [0, 0.1) is 15.9 Å². The maximum Gasteiger partial charge on any atom is 0.295 e. The van der Waals surface area contributed by atoms with Gasteiger partial charge in [-0.05, 0) is 18.2 Å². The number of benzene rings is 1. The van der Waals surface area contributed by atoms with Crippen LogP contribution < -0.4 is 0 Å². The molecule has 0 bridgehead atoms. The molecule has 1 aromatic carbocycles. The second-order valence-electron chi connectivity index (χ2n) is 3.11. The largest absolute Gasteiger partial charge is 0.295 e. The summed E-state index contributed by atoms with van der Waals surface area (Å²) in [6.07, 6.45) is 1.40. The summed E-state index contributed by atoms with van der Waals surface area (Å²) in [6, 6.07) is 8.58. The smallest absolute Gasteiger partial charge is 0.258 e. The Balaban J connectivity index is 2.65. The molecule has 0 aliphatic carbocycles. The van der Waals surface area contributed by atoms with Gasteiger partial charge in [-0.3, -0.25) is 10.1 Å². The van der Waals surface area contributed by atoms with Gasteiger partial charge in [0.1, 0.15) is 5.82 Å². The SMILES string of the molecule is O=[N+]([O-])c1cccnc1-c1ccccc1F. The van der Waals surface area contributed by atoms with Crippen molar-refractivity contribution in [1.29, 1.82) is 0 Å². The summed E-state index contributed by atoms with van der Waals surface area (Å²) in [5, 5.41) is 10.7. The van der Waals surface area contributed by atoms with Crippen LogP contribution in [-0.2, 0) is 0 Å². The molecular weight excluding hydrogens is 211 g/mol. The summed E-state index contributed by atoms with van der Waals surface area (Å²) in [7, 11) is 0. The van der Waals surface area contributed by atoms with Gasteiger partial charge in [0.25, 0.3) is 5.69 Å². The molecule has 0 radical (unpaired) electrons. The highest BCUT2D eigenvalue weighted by Gasteiger charge is 2.18. The molecule has 0 amide bonds. The molecule has 0 saturated carbocycles. The minimum Gasteiger partial charge on any atom is -0.258 e. The highest BCUT2D eigenvalue weighted by molar-refractivity contribution is 5.69. The number of hydrogen-bond donors (Lipinski definition) is 0. The lowest BCUT2D eigenvalue weighted by atomic mass is 10.1. The molecule has 1 aromatic heterocycles. The Kier molecular flexibility index (Phi) is 2.59. The number of hydrogen-bond acceptors (Lipinski definition) is 3. The predicted octanol–water partition coefficient (Wildman–Crippen LogP) is 2.80. The number of halogens is 1. The molecule has 0 saturated heterocycles. The van der Waals surface area contributed by atoms with Gasteiger partial charge in [0.2, 0.25) is 0 Å². The van der Waals surface area contributed by atoms with Gasteiger partial charge in [-0.1, -0.05) is 12.1 Å². The Morgan fingerprint density at radius 3 is 2.62 bits per heavy atom. The molecule has 1 heterocycles. The van der Waals surface area contributed by atoms with Crippen LogP contribution in [0.3, 0.4) is 0 Å². The summed E-state index contributed by atoms with van der Waals surface area (Å²) in [5.41, 5.74) is -0.0204. The van der Waals surface area contributed by atoms with Crippen molar-refractivity contribution in [3.8, 4) is 11.3 Å². The summed E-state index contributed by atoms with van der Waals surface area (Å²) >= 11 is 0. The molecule has 0 N–H and O–H groups in total. The van der Waals surface area contributed by atoms with Gasteiger partial charge in [-0.25, -0.2) is 9.37 Å². The van der Waals surface area contributed by atoms with E-state index in [-0.39, 0.29) is 16.9 Å². The molecule has 16 heavy (non-hydrogen) atoms. The first-order valence-corrected chi connectivity index (χ1v) is 4.54. The summed E-state index contributed by atoms with van der Waals surface area (Å²) in [6.45, 7) is 0. The average molecular weight is 218 g/mol. The first-order valence-electron chi connectivity index (χ1n) is 4.54. The van der Waals surface area contributed by atoms with Crippen LogP contribution in [0.2, 0.25) is 0 Å². The van der Waals surface area contributed by atoms with E-state index in [9.17, 15) is 14.5 Å². The molecule has 80 valence electrons. The van der Waals surface area contributed by atoms with E-state index in [0.29, 0.717) is 0 Å². The van der Waals surface area contributed by atoms with E-state index < -0.39 is 10.7 Å². The zero-order chi connectivity index (χ0) is 11.5. The van der Waals surface area contributed by atoms with Gasteiger partial charge in [0.15, 0.2) is 5.69 Å². The molecule has 0 fully saturated rings. The van der Waals surface area contributed by atoms with E-state index in [0.717, 1.165) is 0 Å². The van der Waals surface area contributed by atoms with Crippen molar-refractivity contribution in [2.24, 2.45) is 0 Å². The van der Waals surface area contributed by atoms with E-state index in [1.54, 1.807) is 6.07 Å². The molecule has 0 spiro atoms. The van der Waals surface area contributed by atoms with E-state index in [4.69, 9.17) is 0 Å². The zero-order valence-corrected chi connectivity index (χ0v) is 8.13. The highest BCUT2D eigenvalue weighted by Crippen LogP contribution is 2.28. The van der Waals surface area contributed by atoms with E-state index >= 15 is 0 Å². The van der Waals surface area contributed by atoms with Crippen molar-refractivity contribution in [3.05, 3.63) is 58.5 Å². The number of nitrogens with zero attached hydrogens (tertiary/aromatic N) is 2. The summed E-state index contributed by atoms with van der Waals surface area (Å²) in [5.74, 6) is -0.524. The Hall–Kier alpha value is -2.30. The molecule has 0 unspecified atom stereocenters. The van der Waals surface area contributed by atoms with Gasteiger partial charge < -0.3 is 0 Å². The third-order valence-electron chi connectivity index (χ3n) is 2.11. The molecule has 5 heteroatoms. The number of rotatable bonds is 2. The van der Waals surface area contributed by atoms with Crippen LogP contribution in [0.4, 0.5) is 10.1 Å². The minimum atomic E-state index is -0.575. The van der Waals surface area contributed by atoms with E-state index in [1.165, 1.54) is 36.5 Å². The van der Waals surface area contributed by atoms with Crippen molar-refractivity contribution in [2.75, 3.05) is 0 Å². The van der Waals surface area contributed by atoms with Gasteiger partial charge in [-0.15, -0.1) is 0 Å². The maximum absolute atomic E-state index is 13.5. The second-order valence-corrected chi connectivity index (χ2v) is 3.11. The molecule has 0 aliphatic heterocycles. The Morgan fingerprint density at radius 2 is 1.94 bits per heavy atom. The van der Waals surface area contributed by atoms with Gasteiger partial charge in [0, 0.05) is 17.8 Å². The van der Waals surface area contributed by atoms with Crippen LogP contribution in [0.25, 0.3) is 11.3 Å². The van der Waals surface area contributed by atoms with Crippen molar-refractivity contribution in [2.45, 2.75) is 0 Å². The normalized spacial score (nSPS) is 10.1. The quantitative estimate of drug-likeness (QED) is 0.575. The fraction of sp³-hybridized carbons (Fsp3) is 0. The molecule has 4 nitrogen and oxygen atoms in total. The van der Waals surface area contributed by atoms with E-state index in [1.807, 2.05) is 0 Å². The molecule has 0 aliphatic rings. The first kappa shape index (κ1) is 10.2. The van der Waals surface area contributed by atoms with Crippen LogP contribution in [0.5, 0.6) is 0 Å². The Bertz CT molecular complexity index is 543. The fourth-order valence-electron chi connectivity index (χ4n) is 1.40. The standard InChI is InChI=1S/C11H7FN2O2/c12-9-5-2-1-4-8(9)11-10(14(15)16)6-3-7-13-11/h1-7H. The maximum atomic E-state index is 13.5. The Morgan fingerprint density at radius 1 is 1.19 bits per heavy atom. The molecule has 2 rings (SSSR count). The van der Waals surface area contributed by atoms with Crippen LogP contribution in [0.15, 0.2) is 42.6 Å². The van der Waals surface area contributed by atoms with Crippen molar-refractivity contribution >= 4 is 5.69 Å². The third-order valence-corrected chi connectivity index (χ3v) is 2.11. The molecule has 0 atom stereocenters. The second kappa shape index (κ2) is 4.06. The van der Waals surface area contributed by atoms with Crippen LogP contribution in [0.1, 0.15) is 0 Å². The van der Waals surface area contributed by atoms with Crippen molar-refractivity contribution in [3.63, 3.8) is 0 Å². The van der Waals surface area contributed by atoms with Gasteiger partial charge in [0.05, 0.1) is 4.92 Å². The number of pyridine rings is 1. The van der Waals surface area contributed by atoms with E-state index in [2.05, 4.69) is 4.98 Å². The van der Waals surface area contributed by atoms with Gasteiger partial charge >= 0.3 is 0 Å². The first-order chi connectivity index (χ1) is 7.70. The van der Waals surface area contributed by atoms with Crippen molar-refractivity contribution < 1.29 is 9.31 Å². The summed E-state index contributed by atoms with van der Waals surface area (Å²) in [4.78, 5) is 14.0. The van der Waals surface area contributed by atoms with Gasteiger partial charge in [-0.2, -0.15) is 0 Å². The number of aromatic nitrogens is 1. The van der Waals surface area contributed by atoms with Crippen LogP contribution >= 0.6 is 0 Å². The Labute approximate surface area is 90.5 Å². The fourth-order valence-corrected chi connectivity index (χ4v) is 1.40. The topological polar surface area (TPSA) is 56.0 Å². The predicted molar refractivity (Wildman–Crippen MR) is 56.3 cm³/mol. The summed E-state index contributed by atoms with van der Waals surface area (Å²) < 4.78 is 13.5. The number of nitro groups is 1. The molecule has 2 aromatic rings.